The van der Waals surface area contributed by atoms with Gasteiger partial charge in [0.2, 0.25) is 0 Å². The van der Waals surface area contributed by atoms with Crippen molar-refractivity contribution in [3.8, 4) is 0 Å². The Balaban J connectivity index is 1.57. The first-order valence-corrected chi connectivity index (χ1v) is 8.56. The molecule has 1 N–H and O–H groups in total. The van der Waals surface area contributed by atoms with E-state index < -0.39 is 11.3 Å². The average Bonchev–Trinajstić information content (AvgIpc) is 3.18. The predicted octanol–water partition coefficient (Wildman–Crippen LogP) is 1.02. The van der Waals surface area contributed by atoms with E-state index >= 15 is 0 Å². The maximum Gasteiger partial charge on any atom is 0.420 e. The lowest BCUT2D eigenvalue weighted by Gasteiger charge is -2.19. The Morgan fingerprint density at radius 3 is 2.83 bits per heavy atom. The van der Waals surface area contributed by atoms with Gasteiger partial charge in [0, 0.05) is 18.8 Å². The lowest BCUT2D eigenvalue weighted by Crippen LogP contribution is -2.47. The zero-order chi connectivity index (χ0) is 16.0. The van der Waals surface area contributed by atoms with Gasteiger partial charge in [-0.1, -0.05) is 12.1 Å². The number of thioether (sulfide) groups is 1. The quantitative estimate of drug-likeness (QED) is 0.848. The number of oxazole rings is 1. The summed E-state index contributed by atoms with van der Waals surface area (Å²) in [6.45, 7) is 0.374. The second-order valence-corrected chi connectivity index (χ2v) is 6.86. The number of carbonyl (C=O) groups excluding carboxylic acids is 2. The third-order valence-corrected chi connectivity index (χ3v) is 5.58. The van der Waals surface area contributed by atoms with Crippen LogP contribution in [0.5, 0.6) is 0 Å². The van der Waals surface area contributed by atoms with Crippen molar-refractivity contribution in [3.63, 3.8) is 0 Å². The van der Waals surface area contributed by atoms with Crippen LogP contribution in [-0.2, 0) is 11.3 Å². The average molecular weight is 333 g/mol. The molecule has 2 saturated heterocycles. The molecule has 0 radical (unpaired) electrons. The van der Waals surface area contributed by atoms with Crippen LogP contribution < -0.4 is 11.1 Å². The summed E-state index contributed by atoms with van der Waals surface area (Å²) in [5, 5.41) is 2.82. The molecule has 1 spiro atoms. The van der Waals surface area contributed by atoms with E-state index in [1.807, 2.05) is 6.07 Å². The van der Waals surface area contributed by atoms with E-state index in [2.05, 4.69) is 5.32 Å². The first kappa shape index (κ1) is 14.4. The molecule has 8 heteroatoms. The molecule has 1 aromatic heterocycles. The van der Waals surface area contributed by atoms with Gasteiger partial charge in [-0.05, 0) is 24.3 Å². The lowest BCUT2D eigenvalue weighted by molar-refractivity contribution is -0.130. The number of aromatic nitrogens is 1. The van der Waals surface area contributed by atoms with Crippen LogP contribution >= 0.6 is 11.8 Å². The van der Waals surface area contributed by atoms with Gasteiger partial charge in [-0.2, -0.15) is 11.8 Å². The number of carbonyl (C=O) groups is 2. The van der Waals surface area contributed by atoms with Crippen LogP contribution in [0.25, 0.3) is 11.1 Å². The van der Waals surface area contributed by atoms with Gasteiger partial charge in [0.1, 0.15) is 5.54 Å². The highest BCUT2D eigenvalue weighted by Crippen LogP contribution is 2.33. The molecule has 120 valence electrons. The summed E-state index contributed by atoms with van der Waals surface area (Å²) in [5.41, 5.74) is 0.416. The molecule has 0 bridgehead atoms. The van der Waals surface area contributed by atoms with Crippen LogP contribution in [0.15, 0.2) is 33.5 Å². The number of imide groups is 1. The first-order valence-electron chi connectivity index (χ1n) is 7.41. The largest absolute Gasteiger partial charge is 0.420 e. The van der Waals surface area contributed by atoms with Crippen LogP contribution in [0.2, 0.25) is 0 Å². The number of rotatable bonds is 3. The number of para-hydroxylation sites is 2. The summed E-state index contributed by atoms with van der Waals surface area (Å²) >= 11 is 1.67. The lowest BCUT2D eigenvalue weighted by atomic mass is 9.99. The minimum Gasteiger partial charge on any atom is -0.408 e. The number of fused-ring (bicyclic) bond motifs is 1. The molecular formula is C15H15N3O4S. The van der Waals surface area contributed by atoms with E-state index in [1.54, 1.807) is 30.0 Å². The Bertz CT molecular complexity index is 850. The Morgan fingerprint density at radius 2 is 2.04 bits per heavy atom. The Kier molecular flexibility index (Phi) is 3.22. The summed E-state index contributed by atoms with van der Waals surface area (Å²) < 4.78 is 6.61. The fourth-order valence-electron chi connectivity index (χ4n) is 3.14. The van der Waals surface area contributed by atoms with Gasteiger partial charge in [0.15, 0.2) is 5.58 Å². The molecule has 2 aliphatic rings. The zero-order valence-corrected chi connectivity index (χ0v) is 13.1. The molecule has 3 heterocycles. The van der Waals surface area contributed by atoms with Gasteiger partial charge < -0.3 is 9.73 Å². The van der Waals surface area contributed by atoms with E-state index in [4.69, 9.17) is 4.42 Å². The summed E-state index contributed by atoms with van der Waals surface area (Å²) in [4.78, 5) is 37.8. The number of hydrogen-bond acceptors (Lipinski definition) is 5. The van der Waals surface area contributed by atoms with Crippen LogP contribution in [-0.4, -0.2) is 45.0 Å². The van der Waals surface area contributed by atoms with Crippen molar-refractivity contribution in [2.75, 3.05) is 18.1 Å². The van der Waals surface area contributed by atoms with Gasteiger partial charge in [0.25, 0.3) is 5.91 Å². The molecule has 2 aliphatic heterocycles. The summed E-state index contributed by atoms with van der Waals surface area (Å²) in [7, 11) is 0. The molecule has 0 aliphatic carbocycles. The maximum atomic E-state index is 12.6. The van der Waals surface area contributed by atoms with E-state index in [9.17, 15) is 14.4 Å². The van der Waals surface area contributed by atoms with Gasteiger partial charge in [-0.15, -0.1) is 0 Å². The molecule has 1 aromatic carbocycles. The van der Waals surface area contributed by atoms with Crippen molar-refractivity contribution in [2.24, 2.45) is 0 Å². The standard InChI is InChI=1S/C15H15N3O4S/c19-12-15(5-8-23-9-15)16-13(20)18(12)7-6-17-10-3-1-2-4-11(10)22-14(17)21/h1-4H,5-9H2,(H,16,20). The fourth-order valence-corrected chi connectivity index (χ4v) is 4.46. The van der Waals surface area contributed by atoms with E-state index in [0.717, 1.165) is 5.75 Å². The van der Waals surface area contributed by atoms with Crippen LogP contribution in [0, 0.1) is 0 Å². The summed E-state index contributed by atoms with van der Waals surface area (Å²) in [6, 6.07) is 6.71. The highest BCUT2D eigenvalue weighted by molar-refractivity contribution is 7.99. The normalized spacial score (nSPS) is 24.1. The third-order valence-electron chi connectivity index (χ3n) is 4.39. The van der Waals surface area contributed by atoms with Gasteiger partial charge in [0.05, 0.1) is 5.52 Å². The second-order valence-electron chi connectivity index (χ2n) is 5.76. The Labute approximate surface area is 135 Å². The molecule has 1 atom stereocenters. The van der Waals surface area contributed by atoms with Gasteiger partial charge in [-0.25, -0.2) is 9.59 Å². The molecule has 2 aromatic rings. The molecule has 1 unspecified atom stereocenters. The van der Waals surface area contributed by atoms with Crippen molar-refractivity contribution >= 4 is 34.8 Å². The molecule has 0 saturated carbocycles. The zero-order valence-electron chi connectivity index (χ0n) is 12.3. The summed E-state index contributed by atoms with van der Waals surface area (Å²) in [5.74, 6) is 0.812. The minimum atomic E-state index is -0.745. The van der Waals surface area contributed by atoms with E-state index in [1.165, 1.54) is 9.47 Å². The molecule has 7 nitrogen and oxygen atoms in total. The number of nitrogens with one attached hydrogen (secondary N) is 1. The highest BCUT2D eigenvalue weighted by Gasteiger charge is 2.52. The number of urea groups is 1. The van der Waals surface area contributed by atoms with Crippen molar-refractivity contribution in [1.29, 1.82) is 0 Å². The molecule has 23 heavy (non-hydrogen) atoms. The molecular weight excluding hydrogens is 318 g/mol. The predicted molar refractivity (Wildman–Crippen MR) is 85.4 cm³/mol. The topological polar surface area (TPSA) is 84.5 Å². The third kappa shape index (κ3) is 2.16. The van der Waals surface area contributed by atoms with Crippen molar-refractivity contribution in [1.82, 2.24) is 14.8 Å². The van der Waals surface area contributed by atoms with Crippen LogP contribution in [0.4, 0.5) is 4.79 Å². The number of nitrogens with zero attached hydrogens (tertiary/aromatic N) is 2. The smallest absolute Gasteiger partial charge is 0.408 e. The van der Waals surface area contributed by atoms with Crippen LogP contribution in [0.3, 0.4) is 0 Å². The van der Waals surface area contributed by atoms with E-state index in [0.29, 0.717) is 23.3 Å². The maximum absolute atomic E-state index is 12.6. The second kappa shape index (κ2) is 5.16. The number of amides is 3. The molecule has 4 rings (SSSR count). The molecule has 2 fully saturated rings. The number of benzene rings is 1. The SMILES string of the molecule is O=C1NC2(CCSC2)C(=O)N1CCn1c(=O)oc2ccccc21. The van der Waals surface area contributed by atoms with E-state index in [-0.39, 0.29) is 25.0 Å². The van der Waals surface area contributed by atoms with Crippen molar-refractivity contribution in [2.45, 2.75) is 18.5 Å². The monoisotopic (exact) mass is 333 g/mol. The van der Waals surface area contributed by atoms with Crippen molar-refractivity contribution < 1.29 is 14.0 Å². The van der Waals surface area contributed by atoms with Gasteiger partial charge >= 0.3 is 11.8 Å². The number of hydrogen-bond donors (Lipinski definition) is 1. The minimum absolute atomic E-state index is 0.153. The van der Waals surface area contributed by atoms with Crippen molar-refractivity contribution in [3.05, 3.63) is 34.8 Å². The highest BCUT2D eigenvalue weighted by atomic mass is 32.2. The fraction of sp³-hybridized carbons (Fsp3) is 0.400. The van der Waals surface area contributed by atoms with Gasteiger partial charge in [-0.3, -0.25) is 14.3 Å². The summed E-state index contributed by atoms with van der Waals surface area (Å²) in [6.07, 6.45) is 0.660. The first-order chi connectivity index (χ1) is 11.1. The molecule has 3 amide bonds. The van der Waals surface area contributed by atoms with Crippen LogP contribution in [0.1, 0.15) is 6.42 Å². The Morgan fingerprint density at radius 1 is 1.22 bits per heavy atom. The Hall–Kier alpha value is -2.22.